The third kappa shape index (κ3) is 4.23. The zero-order valence-electron chi connectivity index (χ0n) is 11.6. The van der Waals surface area contributed by atoms with Crippen LogP contribution >= 0.6 is 12.2 Å². The summed E-state index contributed by atoms with van der Waals surface area (Å²) in [7, 11) is 1.56. The molecule has 0 atom stereocenters. The highest BCUT2D eigenvalue weighted by molar-refractivity contribution is 7.80. The van der Waals surface area contributed by atoms with Gasteiger partial charge in [-0.05, 0) is 36.5 Å². The van der Waals surface area contributed by atoms with Gasteiger partial charge in [-0.1, -0.05) is 12.1 Å². The largest absolute Gasteiger partial charge is 0.497 e. The number of rotatable bonds is 4. The molecule has 22 heavy (non-hydrogen) atoms. The molecule has 2 rings (SSSR count). The summed E-state index contributed by atoms with van der Waals surface area (Å²) in [5.41, 5.74) is 2.95. The number of nitrogens with one attached hydrogen (secondary N) is 2. The maximum atomic E-state index is 13.4. The number of anilines is 1. The summed E-state index contributed by atoms with van der Waals surface area (Å²) in [5, 5.41) is 6.76. The minimum atomic E-state index is -0.697. The minimum absolute atomic E-state index is 0.182. The molecule has 0 bridgehead atoms. The molecular formula is C15H13F2N3OS. The zero-order chi connectivity index (χ0) is 15.9. The van der Waals surface area contributed by atoms with Crippen LogP contribution < -0.4 is 15.5 Å². The van der Waals surface area contributed by atoms with E-state index in [0.717, 1.165) is 18.3 Å². The van der Waals surface area contributed by atoms with Crippen LogP contribution in [0.4, 0.5) is 14.5 Å². The second kappa shape index (κ2) is 7.46. The van der Waals surface area contributed by atoms with Crippen LogP contribution in [0.25, 0.3) is 0 Å². The van der Waals surface area contributed by atoms with Crippen molar-refractivity contribution in [3.05, 3.63) is 59.7 Å². The molecule has 0 spiro atoms. The number of thiocarbonyl (C=S) groups is 1. The van der Waals surface area contributed by atoms with E-state index in [4.69, 9.17) is 17.0 Å². The van der Waals surface area contributed by atoms with Gasteiger partial charge in [0, 0.05) is 11.8 Å². The smallest absolute Gasteiger partial charge is 0.191 e. The molecule has 0 saturated carbocycles. The Hall–Kier alpha value is -2.54. The van der Waals surface area contributed by atoms with Crippen molar-refractivity contribution in [3.63, 3.8) is 0 Å². The molecule has 0 aliphatic carbocycles. The minimum Gasteiger partial charge on any atom is -0.497 e. The summed E-state index contributed by atoms with van der Waals surface area (Å²) in [6.45, 7) is 0. The van der Waals surface area contributed by atoms with Gasteiger partial charge in [-0.3, -0.25) is 5.43 Å². The van der Waals surface area contributed by atoms with Crippen LogP contribution in [0, 0.1) is 11.6 Å². The first-order valence-electron chi connectivity index (χ1n) is 6.28. The van der Waals surface area contributed by atoms with E-state index < -0.39 is 11.6 Å². The Morgan fingerprint density at radius 2 is 1.86 bits per heavy atom. The summed E-state index contributed by atoms with van der Waals surface area (Å²) < 4.78 is 31.9. The fourth-order valence-corrected chi connectivity index (χ4v) is 1.82. The van der Waals surface area contributed by atoms with E-state index in [0.29, 0.717) is 11.4 Å². The maximum absolute atomic E-state index is 13.4. The van der Waals surface area contributed by atoms with Crippen molar-refractivity contribution in [3.8, 4) is 5.75 Å². The Morgan fingerprint density at radius 3 is 2.55 bits per heavy atom. The van der Waals surface area contributed by atoms with Crippen LogP contribution in [0.5, 0.6) is 5.75 Å². The van der Waals surface area contributed by atoms with Gasteiger partial charge in [0.05, 0.1) is 18.9 Å². The fraction of sp³-hybridized carbons (Fsp3) is 0.0667. The first kappa shape index (κ1) is 15.8. The van der Waals surface area contributed by atoms with Gasteiger partial charge in [0.15, 0.2) is 5.11 Å². The molecule has 0 aromatic heterocycles. The van der Waals surface area contributed by atoms with Crippen molar-refractivity contribution in [2.24, 2.45) is 5.10 Å². The van der Waals surface area contributed by atoms with Gasteiger partial charge < -0.3 is 10.1 Å². The van der Waals surface area contributed by atoms with Crippen LogP contribution in [0.2, 0.25) is 0 Å². The molecule has 0 radical (unpaired) electrons. The van der Waals surface area contributed by atoms with Crippen molar-refractivity contribution in [2.75, 3.05) is 12.4 Å². The van der Waals surface area contributed by atoms with Gasteiger partial charge in [0.25, 0.3) is 0 Å². The van der Waals surface area contributed by atoms with Crippen molar-refractivity contribution >= 4 is 29.2 Å². The molecule has 0 aliphatic heterocycles. The number of nitrogens with zero attached hydrogens (tertiary/aromatic N) is 1. The summed E-state index contributed by atoms with van der Waals surface area (Å²) in [6.07, 6.45) is 1.03. The summed E-state index contributed by atoms with van der Waals surface area (Å²) in [5.74, 6) is -0.723. The van der Waals surface area contributed by atoms with Crippen molar-refractivity contribution in [1.82, 2.24) is 5.43 Å². The van der Waals surface area contributed by atoms with Gasteiger partial charge in [-0.25, -0.2) is 8.78 Å². The lowest BCUT2D eigenvalue weighted by Gasteiger charge is -2.08. The van der Waals surface area contributed by atoms with Crippen LogP contribution in [0.15, 0.2) is 47.6 Å². The van der Waals surface area contributed by atoms with Gasteiger partial charge >= 0.3 is 0 Å². The summed E-state index contributed by atoms with van der Waals surface area (Å²) >= 11 is 5.03. The van der Waals surface area contributed by atoms with Gasteiger partial charge in [0.1, 0.15) is 17.4 Å². The standard InChI is InChI=1S/C15H13F2N3OS/c1-21-11-5-2-4-10(8-11)19-15(22)20-18-9-12-13(16)6-3-7-14(12)17/h2-9H,1H3,(H2,19,20,22)/b18-9-. The molecule has 4 nitrogen and oxygen atoms in total. The molecule has 114 valence electrons. The van der Waals surface area contributed by atoms with E-state index in [2.05, 4.69) is 15.8 Å². The van der Waals surface area contributed by atoms with Gasteiger partial charge in [-0.2, -0.15) is 5.10 Å². The predicted octanol–water partition coefficient (Wildman–Crippen LogP) is 3.29. The third-order valence-corrected chi connectivity index (χ3v) is 2.88. The average Bonchev–Trinajstić information content (AvgIpc) is 2.50. The molecule has 0 amide bonds. The average molecular weight is 321 g/mol. The van der Waals surface area contributed by atoms with E-state index in [9.17, 15) is 8.78 Å². The Morgan fingerprint density at radius 1 is 1.18 bits per heavy atom. The van der Waals surface area contributed by atoms with Crippen LogP contribution in [-0.2, 0) is 0 Å². The number of hydrogen-bond acceptors (Lipinski definition) is 3. The monoisotopic (exact) mass is 321 g/mol. The lowest BCUT2D eigenvalue weighted by Crippen LogP contribution is -2.23. The Kier molecular flexibility index (Phi) is 5.37. The van der Waals surface area contributed by atoms with Crippen molar-refractivity contribution < 1.29 is 13.5 Å². The van der Waals surface area contributed by atoms with Crippen molar-refractivity contribution in [2.45, 2.75) is 0 Å². The highest BCUT2D eigenvalue weighted by Gasteiger charge is 2.05. The molecule has 2 aromatic carbocycles. The molecule has 0 aliphatic rings. The highest BCUT2D eigenvalue weighted by Crippen LogP contribution is 2.16. The topological polar surface area (TPSA) is 45.6 Å². The summed E-state index contributed by atoms with van der Waals surface area (Å²) in [6, 6.07) is 10.7. The lowest BCUT2D eigenvalue weighted by atomic mass is 10.2. The van der Waals surface area contributed by atoms with Gasteiger partial charge in [-0.15, -0.1) is 0 Å². The zero-order valence-corrected chi connectivity index (χ0v) is 12.5. The number of ether oxygens (including phenoxy) is 1. The molecule has 2 N–H and O–H groups in total. The quantitative estimate of drug-likeness (QED) is 0.515. The highest BCUT2D eigenvalue weighted by atomic mass is 32.1. The van der Waals surface area contributed by atoms with E-state index in [1.54, 1.807) is 31.4 Å². The van der Waals surface area contributed by atoms with Gasteiger partial charge in [0.2, 0.25) is 0 Å². The van der Waals surface area contributed by atoms with E-state index in [1.807, 2.05) is 0 Å². The van der Waals surface area contributed by atoms with Crippen LogP contribution in [-0.4, -0.2) is 18.4 Å². The first-order chi connectivity index (χ1) is 10.6. The normalized spacial score (nSPS) is 10.5. The SMILES string of the molecule is COc1cccc(NC(=S)N/N=C\c2c(F)cccc2F)c1. The Balaban J connectivity index is 1.96. The molecule has 0 saturated heterocycles. The van der Waals surface area contributed by atoms with Crippen LogP contribution in [0.1, 0.15) is 5.56 Å². The number of hydrogen-bond donors (Lipinski definition) is 2. The number of halogens is 2. The van der Waals surface area contributed by atoms with Crippen LogP contribution in [0.3, 0.4) is 0 Å². The molecule has 0 fully saturated rings. The number of methoxy groups -OCH3 is 1. The number of benzene rings is 2. The maximum Gasteiger partial charge on any atom is 0.191 e. The second-order valence-electron chi connectivity index (χ2n) is 4.19. The predicted molar refractivity (Wildman–Crippen MR) is 86.3 cm³/mol. The van der Waals surface area contributed by atoms with E-state index in [-0.39, 0.29) is 10.7 Å². The molecule has 0 heterocycles. The molecule has 7 heteroatoms. The first-order valence-corrected chi connectivity index (χ1v) is 6.69. The Labute approximate surface area is 131 Å². The second-order valence-corrected chi connectivity index (χ2v) is 4.60. The van der Waals surface area contributed by atoms with E-state index >= 15 is 0 Å². The molecular weight excluding hydrogens is 308 g/mol. The fourth-order valence-electron chi connectivity index (χ4n) is 1.65. The summed E-state index contributed by atoms with van der Waals surface area (Å²) in [4.78, 5) is 0. The molecule has 0 unspecified atom stereocenters. The Bertz CT molecular complexity index is 687. The third-order valence-electron chi connectivity index (χ3n) is 2.69. The van der Waals surface area contributed by atoms with Crippen molar-refractivity contribution in [1.29, 1.82) is 0 Å². The lowest BCUT2D eigenvalue weighted by molar-refractivity contribution is 0.415. The number of hydrazone groups is 1. The van der Waals surface area contributed by atoms with E-state index in [1.165, 1.54) is 6.07 Å². The molecule has 2 aromatic rings.